The maximum atomic E-state index is 9.66. The summed E-state index contributed by atoms with van der Waals surface area (Å²) in [5.74, 6) is 0. The van der Waals surface area contributed by atoms with Gasteiger partial charge in [-0.1, -0.05) is 58.0 Å². The minimum absolute atomic E-state index is 0.108. The van der Waals surface area contributed by atoms with E-state index in [1.54, 1.807) is 4.80 Å². The van der Waals surface area contributed by atoms with Crippen molar-refractivity contribution in [3.8, 4) is 5.69 Å². The molecule has 4 heteroatoms. The van der Waals surface area contributed by atoms with Crippen molar-refractivity contribution in [2.45, 2.75) is 39.5 Å². The highest BCUT2D eigenvalue weighted by atomic mass is 16.3. The summed E-state index contributed by atoms with van der Waals surface area (Å²) in [6.07, 6.45) is 0.869. The van der Waals surface area contributed by atoms with Gasteiger partial charge in [-0.15, -0.1) is 10.2 Å². The zero-order chi connectivity index (χ0) is 17.4. The van der Waals surface area contributed by atoms with Crippen LogP contribution in [0.4, 0.5) is 0 Å². The van der Waals surface area contributed by atoms with Crippen LogP contribution >= 0.6 is 0 Å². The van der Waals surface area contributed by atoms with Gasteiger partial charge < -0.3 is 5.11 Å². The van der Waals surface area contributed by atoms with Crippen molar-refractivity contribution < 1.29 is 5.11 Å². The monoisotopic (exact) mass is 323 g/mol. The average molecular weight is 323 g/mol. The Morgan fingerprint density at radius 3 is 2.00 bits per heavy atom. The van der Waals surface area contributed by atoms with Crippen LogP contribution in [0.3, 0.4) is 0 Å². The van der Waals surface area contributed by atoms with Gasteiger partial charge >= 0.3 is 0 Å². The minimum atomic E-state index is -0.140. The van der Waals surface area contributed by atoms with E-state index in [1.807, 2.05) is 30.3 Å². The van der Waals surface area contributed by atoms with Gasteiger partial charge in [0.2, 0.25) is 0 Å². The summed E-state index contributed by atoms with van der Waals surface area (Å²) >= 11 is 0. The fraction of sp³-hybridized carbons (Fsp3) is 0.400. The summed E-state index contributed by atoms with van der Waals surface area (Å²) < 4.78 is 0. The molecule has 0 radical (unpaired) electrons. The predicted molar refractivity (Wildman–Crippen MR) is 97.4 cm³/mol. The van der Waals surface area contributed by atoms with E-state index in [4.69, 9.17) is 0 Å². The SMILES string of the molecule is CC(C)(CO)CC(C)(C)c1ccccc1-n1nc2ccccc2n1. The van der Waals surface area contributed by atoms with Crippen LogP contribution in [-0.2, 0) is 5.41 Å². The van der Waals surface area contributed by atoms with Gasteiger partial charge in [0, 0.05) is 6.61 Å². The van der Waals surface area contributed by atoms with E-state index in [0.29, 0.717) is 0 Å². The lowest BCUT2D eigenvalue weighted by Gasteiger charge is -2.35. The first-order chi connectivity index (χ1) is 11.3. The Bertz CT molecular complexity index is 816. The molecule has 1 heterocycles. The van der Waals surface area contributed by atoms with E-state index in [1.165, 1.54) is 5.56 Å². The first-order valence-corrected chi connectivity index (χ1v) is 8.35. The zero-order valence-corrected chi connectivity index (χ0v) is 14.8. The molecule has 4 nitrogen and oxygen atoms in total. The third kappa shape index (κ3) is 3.20. The molecule has 3 rings (SSSR count). The van der Waals surface area contributed by atoms with E-state index in [-0.39, 0.29) is 17.4 Å². The van der Waals surface area contributed by atoms with Crippen molar-refractivity contribution >= 4 is 11.0 Å². The van der Waals surface area contributed by atoms with Crippen LogP contribution in [0, 0.1) is 5.41 Å². The molecular formula is C20H25N3O. The van der Waals surface area contributed by atoms with E-state index >= 15 is 0 Å². The summed E-state index contributed by atoms with van der Waals surface area (Å²) in [7, 11) is 0. The van der Waals surface area contributed by atoms with Gasteiger partial charge in [-0.2, -0.15) is 4.80 Å². The summed E-state index contributed by atoms with van der Waals surface area (Å²) in [5, 5.41) is 18.9. The number of para-hydroxylation sites is 1. The van der Waals surface area contributed by atoms with E-state index in [0.717, 1.165) is 23.1 Å². The molecule has 0 aliphatic rings. The number of aliphatic hydroxyl groups excluding tert-OH is 1. The van der Waals surface area contributed by atoms with Crippen molar-refractivity contribution in [1.82, 2.24) is 15.0 Å². The summed E-state index contributed by atoms with van der Waals surface area (Å²) in [6.45, 7) is 8.79. The number of aromatic nitrogens is 3. The van der Waals surface area contributed by atoms with Gasteiger partial charge in [-0.3, -0.25) is 0 Å². The topological polar surface area (TPSA) is 50.9 Å². The molecule has 0 aliphatic carbocycles. The molecule has 2 aromatic carbocycles. The Balaban J connectivity index is 2.07. The number of benzene rings is 2. The fourth-order valence-corrected chi connectivity index (χ4v) is 3.54. The molecule has 1 N–H and O–H groups in total. The quantitative estimate of drug-likeness (QED) is 0.769. The largest absolute Gasteiger partial charge is 0.396 e. The Labute approximate surface area is 143 Å². The summed E-state index contributed by atoms with van der Waals surface area (Å²) in [5.41, 5.74) is 3.71. The lowest BCUT2D eigenvalue weighted by Crippen LogP contribution is -2.30. The van der Waals surface area contributed by atoms with Gasteiger partial charge in [-0.05, 0) is 41.0 Å². The molecule has 0 fully saturated rings. The fourth-order valence-electron chi connectivity index (χ4n) is 3.54. The molecule has 3 aromatic rings. The van der Waals surface area contributed by atoms with Crippen molar-refractivity contribution in [2.75, 3.05) is 6.61 Å². The highest BCUT2D eigenvalue weighted by Gasteiger charge is 2.32. The second-order valence-electron chi connectivity index (χ2n) is 7.88. The van der Waals surface area contributed by atoms with Crippen molar-refractivity contribution in [1.29, 1.82) is 0 Å². The lowest BCUT2D eigenvalue weighted by atomic mass is 9.71. The van der Waals surface area contributed by atoms with Crippen LogP contribution in [0.25, 0.3) is 16.7 Å². The highest BCUT2D eigenvalue weighted by Crippen LogP contribution is 2.38. The molecule has 0 saturated carbocycles. The standard InChI is InChI=1S/C20H25N3O/c1-19(2,14-24)13-20(3,4)15-9-5-8-12-18(15)23-21-16-10-6-7-11-17(16)22-23/h5-12,24H,13-14H2,1-4H3. The molecule has 126 valence electrons. The summed E-state index contributed by atoms with van der Waals surface area (Å²) in [6, 6.07) is 16.2. The van der Waals surface area contributed by atoms with Gasteiger partial charge in [0.25, 0.3) is 0 Å². The minimum Gasteiger partial charge on any atom is -0.396 e. The molecule has 0 bridgehead atoms. The number of hydrogen-bond acceptors (Lipinski definition) is 3. The van der Waals surface area contributed by atoms with Crippen LogP contribution in [0.1, 0.15) is 39.7 Å². The Morgan fingerprint density at radius 1 is 0.875 bits per heavy atom. The van der Waals surface area contributed by atoms with Gasteiger partial charge in [-0.25, -0.2) is 0 Å². The number of fused-ring (bicyclic) bond motifs is 1. The third-order valence-electron chi connectivity index (χ3n) is 4.48. The lowest BCUT2D eigenvalue weighted by molar-refractivity contribution is 0.126. The molecular weight excluding hydrogens is 298 g/mol. The molecule has 0 amide bonds. The van der Waals surface area contributed by atoms with E-state index in [9.17, 15) is 5.11 Å². The van der Waals surface area contributed by atoms with E-state index < -0.39 is 0 Å². The normalized spacial score (nSPS) is 12.7. The first-order valence-electron chi connectivity index (χ1n) is 8.35. The van der Waals surface area contributed by atoms with Crippen molar-refractivity contribution in [3.63, 3.8) is 0 Å². The van der Waals surface area contributed by atoms with Crippen LogP contribution in [0.5, 0.6) is 0 Å². The maximum absolute atomic E-state index is 9.66. The number of rotatable bonds is 5. The van der Waals surface area contributed by atoms with Crippen LogP contribution in [-0.4, -0.2) is 26.7 Å². The van der Waals surface area contributed by atoms with Crippen LogP contribution in [0.15, 0.2) is 48.5 Å². The third-order valence-corrected chi connectivity index (χ3v) is 4.48. The number of nitrogens with zero attached hydrogens (tertiary/aromatic N) is 3. The van der Waals surface area contributed by atoms with Crippen LogP contribution in [0.2, 0.25) is 0 Å². The first kappa shape index (κ1) is 16.7. The smallest absolute Gasteiger partial charge is 0.113 e. The van der Waals surface area contributed by atoms with Gasteiger partial charge in [0.1, 0.15) is 11.0 Å². The highest BCUT2D eigenvalue weighted by molar-refractivity contribution is 5.73. The van der Waals surface area contributed by atoms with Crippen molar-refractivity contribution in [3.05, 3.63) is 54.1 Å². The molecule has 0 unspecified atom stereocenters. The Kier molecular flexibility index (Phi) is 4.18. The maximum Gasteiger partial charge on any atom is 0.113 e. The van der Waals surface area contributed by atoms with Crippen LogP contribution < -0.4 is 0 Å². The number of aliphatic hydroxyl groups is 1. The zero-order valence-electron chi connectivity index (χ0n) is 14.8. The second kappa shape index (κ2) is 6.02. The molecule has 0 atom stereocenters. The molecule has 0 spiro atoms. The molecule has 1 aromatic heterocycles. The summed E-state index contributed by atoms with van der Waals surface area (Å²) in [4.78, 5) is 1.73. The number of hydrogen-bond donors (Lipinski definition) is 1. The Hall–Kier alpha value is -2.20. The molecule has 0 aliphatic heterocycles. The predicted octanol–water partition coefficient (Wildman–Crippen LogP) is 4.11. The van der Waals surface area contributed by atoms with Crippen molar-refractivity contribution in [2.24, 2.45) is 5.41 Å². The second-order valence-corrected chi connectivity index (χ2v) is 7.88. The molecule has 0 saturated heterocycles. The average Bonchev–Trinajstić information content (AvgIpc) is 2.98. The Morgan fingerprint density at radius 2 is 1.42 bits per heavy atom. The van der Waals surface area contributed by atoms with Gasteiger partial charge in [0.05, 0.1) is 5.69 Å². The molecule has 24 heavy (non-hydrogen) atoms. The van der Waals surface area contributed by atoms with Gasteiger partial charge in [0.15, 0.2) is 0 Å². The van der Waals surface area contributed by atoms with E-state index in [2.05, 4.69) is 56.1 Å².